The molecule has 1 heteroatoms. The average molecular weight is 816 g/mol. The van der Waals surface area contributed by atoms with Crippen LogP contribution in [-0.4, -0.2) is 0 Å². The fourth-order valence-electron chi connectivity index (χ4n) is 12.7. The van der Waals surface area contributed by atoms with Crippen molar-refractivity contribution in [3.8, 4) is 44.5 Å². The molecule has 0 amide bonds. The molecule has 3 saturated carbocycles. The van der Waals surface area contributed by atoms with Gasteiger partial charge in [0.25, 0.3) is 0 Å². The predicted octanol–water partition coefficient (Wildman–Crippen LogP) is 17.6. The summed E-state index contributed by atoms with van der Waals surface area (Å²) in [5, 5.41) is 2.54. The van der Waals surface area contributed by atoms with E-state index in [1.807, 2.05) is 0 Å². The number of hydrogen-bond acceptors (Lipinski definition) is 1. The Hall–Kier alpha value is -6.18. The number of benzene rings is 8. The quantitative estimate of drug-likeness (QED) is 0.148. The molecule has 0 N–H and O–H groups in total. The van der Waals surface area contributed by atoms with E-state index in [0.29, 0.717) is 5.92 Å². The van der Waals surface area contributed by atoms with Gasteiger partial charge < -0.3 is 4.90 Å². The smallest absolute Gasteiger partial charge is 0.0465 e. The molecular formula is C62H57N. The van der Waals surface area contributed by atoms with Crippen LogP contribution in [-0.2, 0) is 5.41 Å². The maximum Gasteiger partial charge on any atom is 0.0465 e. The van der Waals surface area contributed by atoms with E-state index < -0.39 is 0 Å². The van der Waals surface area contributed by atoms with E-state index in [1.165, 1.54) is 130 Å². The van der Waals surface area contributed by atoms with Crippen molar-refractivity contribution in [2.24, 2.45) is 11.8 Å². The third kappa shape index (κ3) is 6.66. The first-order valence-electron chi connectivity index (χ1n) is 23.9. The highest BCUT2D eigenvalue weighted by atomic mass is 15.1. The van der Waals surface area contributed by atoms with E-state index in [4.69, 9.17) is 0 Å². The van der Waals surface area contributed by atoms with Crippen molar-refractivity contribution in [1.82, 2.24) is 0 Å². The van der Waals surface area contributed by atoms with Crippen LogP contribution in [0.3, 0.4) is 0 Å². The molecule has 63 heavy (non-hydrogen) atoms. The molecule has 0 spiro atoms. The summed E-state index contributed by atoms with van der Waals surface area (Å²) in [6.07, 6.45) is 12.4. The normalized spacial score (nSPS) is 19.9. The molecular weight excluding hydrogens is 759 g/mol. The summed E-state index contributed by atoms with van der Waals surface area (Å²) >= 11 is 0. The van der Waals surface area contributed by atoms with Gasteiger partial charge in [-0.05, 0) is 170 Å². The van der Waals surface area contributed by atoms with Crippen LogP contribution in [0.4, 0.5) is 17.1 Å². The molecule has 2 bridgehead atoms. The Morgan fingerprint density at radius 3 is 1.84 bits per heavy atom. The van der Waals surface area contributed by atoms with E-state index in [-0.39, 0.29) is 5.41 Å². The van der Waals surface area contributed by atoms with Gasteiger partial charge in [0.2, 0.25) is 0 Å². The second-order valence-corrected chi connectivity index (χ2v) is 19.9. The van der Waals surface area contributed by atoms with Crippen LogP contribution in [0, 0.1) is 11.8 Å². The van der Waals surface area contributed by atoms with E-state index in [0.717, 1.165) is 29.1 Å². The van der Waals surface area contributed by atoms with Gasteiger partial charge >= 0.3 is 0 Å². The number of rotatable bonds is 8. The highest BCUT2D eigenvalue weighted by Crippen LogP contribution is 2.55. The molecule has 0 aromatic heterocycles. The molecule has 310 valence electrons. The van der Waals surface area contributed by atoms with Crippen molar-refractivity contribution < 1.29 is 0 Å². The van der Waals surface area contributed by atoms with Crippen LogP contribution < -0.4 is 4.90 Å². The Kier molecular flexibility index (Phi) is 9.51. The average Bonchev–Trinajstić information content (AvgIpc) is 4.05. The van der Waals surface area contributed by atoms with Gasteiger partial charge in [-0.25, -0.2) is 0 Å². The van der Waals surface area contributed by atoms with E-state index in [9.17, 15) is 0 Å². The number of nitrogens with zero attached hydrogens (tertiary/aromatic N) is 1. The topological polar surface area (TPSA) is 3.24 Å². The summed E-state index contributed by atoms with van der Waals surface area (Å²) in [6, 6.07) is 67.0. The van der Waals surface area contributed by atoms with Gasteiger partial charge in [-0.2, -0.15) is 0 Å². The standard InChI is InChI=1S/C62H57N/c1-62(2)58-19-11-18-54(44-12-5-3-6-13-44)61(58)56-37-35-52(40-59(56)62)63(50-31-26-43(27-32-50)42-22-24-47(25-23-42)57-39-41-20-21-49(57)38-41)51-33-28-46(29-34-51)55-36-30-45-14-9-10-17-53(45)60(55)48-15-7-4-8-16-48/h4,7-11,14-19,22-37,40-41,44,49,57H,3,5-6,12-13,20-21,38-39H2,1-2H3. The van der Waals surface area contributed by atoms with Crippen molar-refractivity contribution in [1.29, 1.82) is 0 Å². The highest BCUT2D eigenvalue weighted by molar-refractivity contribution is 6.04. The monoisotopic (exact) mass is 815 g/mol. The predicted molar refractivity (Wildman–Crippen MR) is 267 cm³/mol. The molecule has 3 unspecified atom stereocenters. The van der Waals surface area contributed by atoms with Gasteiger partial charge in [0.05, 0.1) is 0 Å². The second-order valence-electron chi connectivity index (χ2n) is 19.9. The van der Waals surface area contributed by atoms with Crippen LogP contribution in [0.5, 0.6) is 0 Å². The van der Waals surface area contributed by atoms with Crippen molar-refractivity contribution in [3.63, 3.8) is 0 Å². The van der Waals surface area contributed by atoms with Crippen LogP contribution >= 0.6 is 0 Å². The van der Waals surface area contributed by atoms with Crippen LogP contribution in [0.25, 0.3) is 55.3 Å². The van der Waals surface area contributed by atoms with Gasteiger partial charge in [0.1, 0.15) is 0 Å². The molecule has 0 heterocycles. The maximum atomic E-state index is 2.51. The summed E-state index contributed by atoms with van der Waals surface area (Å²) in [5.41, 5.74) is 19.9. The van der Waals surface area contributed by atoms with E-state index in [2.05, 4.69) is 195 Å². The van der Waals surface area contributed by atoms with Gasteiger partial charge in [0.15, 0.2) is 0 Å². The summed E-state index contributed by atoms with van der Waals surface area (Å²) in [7, 11) is 0. The molecule has 8 aromatic rings. The Bertz CT molecular complexity index is 2950. The number of fused-ring (bicyclic) bond motifs is 6. The summed E-state index contributed by atoms with van der Waals surface area (Å²) in [4.78, 5) is 2.48. The molecule has 1 nitrogen and oxygen atoms in total. The molecule has 8 aromatic carbocycles. The SMILES string of the molecule is CC1(C)c2cc(N(c3ccc(-c4ccc(C5CC6CCC5C6)cc4)cc3)c3ccc(-c4ccc5ccccc5c4-c4ccccc4)cc3)ccc2-c2c(C3CCCCC3)cccc21. The van der Waals surface area contributed by atoms with Crippen LogP contribution in [0.2, 0.25) is 0 Å². The minimum Gasteiger partial charge on any atom is -0.310 e. The first-order chi connectivity index (χ1) is 31.0. The minimum absolute atomic E-state index is 0.0983. The highest BCUT2D eigenvalue weighted by Gasteiger charge is 2.40. The molecule has 12 rings (SSSR count). The summed E-state index contributed by atoms with van der Waals surface area (Å²) in [6.45, 7) is 4.88. The summed E-state index contributed by atoms with van der Waals surface area (Å²) < 4.78 is 0. The fourth-order valence-corrected chi connectivity index (χ4v) is 12.7. The molecule has 3 atom stereocenters. The lowest BCUT2D eigenvalue weighted by Crippen LogP contribution is -2.17. The van der Waals surface area contributed by atoms with Crippen LogP contribution in [0.1, 0.15) is 106 Å². The van der Waals surface area contributed by atoms with Crippen molar-refractivity contribution >= 4 is 27.8 Å². The third-order valence-corrected chi connectivity index (χ3v) is 16.0. The molecule has 0 saturated heterocycles. The Balaban J connectivity index is 0.941. The van der Waals surface area contributed by atoms with Gasteiger partial charge in [0, 0.05) is 22.5 Å². The van der Waals surface area contributed by atoms with Crippen molar-refractivity contribution in [2.45, 2.75) is 88.9 Å². The molecule has 3 fully saturated rings. The van der Waals surface area contributed by atoms with Crippen molar-refractivity contribution in [3.05, 3.63) is 198 Å². The fraction of sp³-hybridized carbons (Fsp3) is 0.258. The third-order valence-electron chi connectivity index (χ3n) is 16.0. The molecule has 0 radical (unpaired) electrons. The molecule has 0 aliphatic heterocycles. The van der Waals surface area contributed by atoms with Crippen LogP contribution in [0.15, 0.2) is 176 Å². The summed E-state index contributed by atoms with van der Waals surface area (Å²) in [5.74, 6) is 3.28. The van der Waals surface area contributed by atoms with Gasteiger partial charge in [-0.15, -0.1) is 0 Å². The van der Waals surface area contributed by atoms with Crippen molar-refractivity contribution in [2.75, 3.05) is 4.90 Å². The Labute approximate surface area is 374 Å². The van der Waals surface area contributed by atoms with Gasteiger partial charge in [-0.3, -0.25) is 0 Å². The zero-order chi connectivity index (χ0) is 42.1. The zero-order valence-electron chi connectivity index (χ0n) is 36.9. The van der Waals surface area contributed by atoms with E-state index >= 15 is 0 Å². The van der Waals surface area contributed by atoms with Gasteiger partial charge in [-0.1, -0.05) is 179 Å². The lowest BCUT2D eigenvalue weighted by atomic mass is 9.78. The largest absolute Gasteiger partial charge is 0.310 e. The first kappa shape index (κ1) is 38.5. The minimum atomic E-state index is -0.0983. The number of hydrogen-bond donors (Lipinski definition) is 0. The first-order valence-corrected chi connectivity index (χ1v) is 23.9. The number of anilines is 3. The molecule has 4 aliphatic rings. The Morgan fingerprint density at radius 1 is 0.460 bits per heavy atom. The zero-order valence-corrected chi connectivity index (χ0v) is 36.9. The molecule has 4 aliphatic carbocycles. The maximum absolute atomic E-state index is 2.51. The lowest BCUT2D eigenvalue weighted by molar-refractivity contribution is 0.420. The Morgan fingerprint density at radius 2 is 1.13 bits per heavy atom. The second kappa shape index (κ2) is 15.6. The lowest BCUT2D eigenvalue weighted by Gasteiger charge is -2.28. The van der Waals surface area contributed by atoms with E-state index in [1.54, 1.807) is 11.1 Å².